The van der Waals surface area contributed by atoms with Crippen molar-refractivity contribution in [3.63, 3.8) is 0 Å². The molecule has 112 valence electrons. The van der Waals surface area contributed by atoms with Crippen LogP contribution in [0, 0.1) is 0 Å². The molecular formula is C16H21N3O2. The summed E-state index contributed by atoms with van der Waals surface area (Å²) in [5, 5.41) is 4.38. The van der Waals surface area contributed by atoms with E-state index in [0.717, 1.165) is 22.5 Å². The zero-order valence-corrected chi connectivity index (χ0v) is 12.9. The summed E-state index contributed by atoms with van der Waals surface area (Å²) in [5.41, 5.74) is 0.896. The van der Waals surface area contributed by atoms with E-state index in [1.54, 1.807) is 14.2 Å². The second-order valence-corrected chi connectivity index (χ2v) is 5.73. The summed E-state index contributed by atoms with van der Waals surface area (Å²) in [5.74, 6) is 3.70. The van der Waals surface area contributed by atoms with E-state index >= 15 is 0 Å². The molecule has 0 aliphatic heterocycles. The molecule has 5 nitrogen and oxygen atoms in total. The number of hydrogen-bond donors (Lipinski definition) is 1. The Bertz CT molecular complexity index is 666. The summed E-state index contributed by atoms with van der Waals surface area (Å²) in [7, 11) is 3.28. The second kappa shape index (κ2) is 5.39. The minimum Gasteiger partial charge on any atom is -0.493 e. The van der Waals surface area contributed by atoms with Gasteiger partial charge in [-0.1, -0.05) is 0 Å². The highest BCUT2D eigenvalue weighted by Crippen LogP contribution is 2.41. The number of rotatable bonds is 5. The molecule has 0 unspecified atom stereocenters. The highest BCUT2D eigenvalue weighted by Gasteiger charge is 2.28. The molecule has 1 aliphatic rings. The number of ether oxygens (including phenoxy) is 2. The molecule has 0 bridgehead atoms. The lowest BCUT2D eigenvalue weighted by molar-refractivity contribution is 0.356. The normalized spacial score (nSPS) is 14.5. The molecule has 1 aromatic heterocycles. The predicted molar refractivity (Wildman–Crippen MR) is 83.4 cm³/mol. The molecule has 0 amide bonds. The highest BCUT2D eigenvalue weighted by atomic mass is 16.5. The zero-order chi connectivity index (χ0) is 15.0. The molecule has 1 N–H and O–H groups in total. The first-order chi connectivity index (χ1) is 10.1. The second-order valence-electron chi connectivity index (χ2n) is 5.73. The third kappa shape index (κ3) is 2.73. The SMILES string of the molecule is COc1cc2nc(C3CC3)nc(NC(C)C)c2cc1OC. The summed E-state index contributed by atoms with van der Waals surface area (Å²) in [6.07, 6.45) is 2.36. The Hall–Kier alpha value is -2.04. The van der Waals surface area contributed by atoms with Gasteiger partial charge in [0.1, 0.15) is 11.6 Å². The average Bonchev–Trinajstić information content (AvgIpc) is 3.29. The van der Waals surface area contributed by atoms with Gasteiger partial charge < -0.3 is 14.8 Å². The van der Waals surface area contributed by atoms with Crippen LogP contribution in [0.4, 0.5) is 5.82 Å². The van der Waals surface area contributed by atoms with Crippen LogP contribution in [0.5, 0.6) is 11.5 Å². The minimum absolute atomic E-state index is 0.309. The minimum atomic E-state index is 0.309. The number of aromatic nitrogens is 2. The van der Waals surface area contributed by atoms with Gasteiger partial charge in [0, 0.05) is 23.4 Å². The Labute approximate surface area is 124 Å². The Morgan fingerprint density at radius 3 is 2.33 bits per heavy atom. The van der Waals surface area contributed by atoms with Crippen LogP contribution < -0.4 is 14.8 Å². The molecule has 0 radical (unpaired) electrons. The smallest absolute Gasteiger partial charge is 0.162 e. The van der Waals surface area contributed by atoms with Gasteiger partial charge >= 0.3 is 0 Å². The fraction of sp³-hybridized carbons (Fsp3) is 0.500. The lowest BCUT2D eigenvalue weighted by Crippen LogP contribution is -2.13. The molecule has 0 spiro atoms. The van der Waals surface area contributed by atoms with Crippen LogP contribution in [-0.4, -0.2) is 30.2 Å². The van der Waals surface area contributed by atoms with E-state index in [1.165, 1.54) is 12.8 Å². The number of methoxy groups -OCH3 is 2. The summed E-state index contributed by atoms with van der Waals surface area (Å²) < 4.78 is 10.8. The maximum absolute atomic E-state index is 5.39. The third-order valence-electron chi connectivity index (χ3n) is 3.59. The van der Waals surface area contributed by atoms with Crippen LogP contribution in [0.2, 0.25) is 0 Å². The Morgan fingerprint density at radius 1 is 1.10 bits per heavy atom. The maximum Gasteiger partial charge on any atom is 0.162 e. The van der Waals surface area contributed by atoms with Crippen molar-refractivity contribution in [2.75, 3.05) is 19.5 Å². The molecule has 0 atom stereocenters. The summed E-state index contributed by atoms with van der Waals surface area (Å²) in [6, 6.07) is 4.17. The van der Waals surface area contributed by atoms with Crippen LogP contribution in [0.1, 0.15) is 38.4 Å². The van der Waals surface area contributed by atoms with Gasteiger partial charge in [0.15, 0.2) is 11.5 Å². The van der Waals surface area contributed by atoms with Crippen LogP contribution in [0.15, 0.2) is 12.1 Å². The largest absolute Gasteiger partial charge is 0.493 e. The van der Waals surface area contributed by atoms with Gasteiger partial charge in [-0.3, -0.25) is 0 Å². The molecule has 0 saturated heterocycles. The zero-order valence-electron chi connectivity index (χ0n) is 12.9. The number of anilines is 1. The standard InChI is InChI=1S/C16H21N3O2/c1-9(2)17-16-11-7-13(20-3)14(21-4)8-12(11)18-15(19-16)10-5-6-10/h7-10H,5-6H2,1-4H3,(H,17,18,19). The maximum atomic E-state index is 5.39. The first-order valence-corrected chi connectivity index (χ1v) is 7.32. The van der Waals surface area contributed by atoms with E-state index in [2.05, 4.69) is 19.2 Å². The van der Waals surface area contributed by atoms with Crippen molar-refractivity contribution in [1.29, 1.82) is 0 Å². The van der Waals surface area contributed by atoms with Crippen LogP contribution >= 0.6 is 0 Å². The Kier molecular flexibility index (Phi) is 3.57. The van der Waals surface area contributed by atoms with Gasteiger partial charge in [-0.15, -0.1) is 0 Å². The predicted octanol–water partition coefficient (Wildman–Crippen LogP) is 3.34. The van der Waals surface area contributed by atoms with E-state index < -0.39 is 0 Å². The van der Waals surface area contributed by atoms with E-state index in [0.29, 0.717) is 23.5 Å². The van der Waals surface area contributed by atoms with Gasteiger partial charge in [0.05, 0.1) is 19.7 Å². The van der Waals surface area contributed by atoms with Gasteiger partial charge in [-0.2, -0.15) is 0 Å². The quantitative estimate of drug-likeness (QED) is 0.914. The summed E-state index contributed by atoms with van der Waals surface area (Å²) in [6.45, 7) is 4.21. The highest BCUT2D eigenvalue weighted by molar-refractivity contribution is 5.92. The van der Waals surface area contributed by atoms with E-state index in [1.807, 2.05) is 12.1 Å². The van der Waals surface area contributed by atoms with E-state index in [-0.39, 0.29) is 0 Å². The summed E-state index contributed by atoms with van der Waals surface area (Å²) >= 11 is 0. The Balaban J connectivity index is 2.19. The first kappa shape index (κ1) is 13.9. The number of nitrogens with zero attached hydrogens (tertiary/aromatic N) is 2. The van der Waals surface area contributed by atoms with Crippen LogP contribution in [0.25, 0.3) is 10.9 Å². The van der Waals surface area contributed by atoms with Crippen LogP contribution in [0.3, 0.4) is 0 Å². The first-order valence-electron chi connectivity index (χ1n) is 7.32. The number of fused-ring (bicyclic) bond motifs is 1. The molecule has 1 fully saturated rings. The van der Waals surface area contributed by atoms with Crippen molar-refractivity contribution >= 4 is 16.7 Å². The molecule has 2 aromatic rings. The van der Waals surface area contributed by atoms with Crippen molar-refractivity contribution in [2.24, 2.45) is 0 Å². The van der Waals surface area contributed by atoms with Gasteiger partial charge in [0.25, 0.3) is 0 Å². The average molecular weight is 287 g/mol. The molecule has 1 aromatic carbocycles. The van der Waals surface area contributed by atoms with Gasteiger partial charge in [-0.05, 0) is 32.8 Å². The van der Waals surface area contributed by atoms with Crippen LogP contribution in [-0.2, 0) is 0 Å². The number of nitrogens with one attached hydrogen (secondary N) is 1. The molecule has 1 heterocycles. The van der Waals surface area contributed by atoms with Gasteiger partial charge in [0.2, 0.25) is 0 Å². The molecule has 5 heteroatoms. The van der Waals surface area contributed by atoms with Gasteiger partial charge in [-0.25, -0.2) is 9.97 Å². The summed E-state index contributed by atoms with van der Waals surface area (Å²) in [4.78, 5) is 9.42. The lowest BCUT2D eigenvalue weighted by atomic mass is 10.2. The van der Waals surface area contributed by atoms with E-state index in [4.69, 9.17) is 19.4 Å². The monoisotopic (exact) mass is 287 g/mol. The lowest BCUT2D eigenvalue weighted by Gasteiger charge is -2.15. The topological polar surface area (TPSA) is 56.3 Å². The molecule has 1 aliphatic carbocycles. The van der Waals surface area contributed by atoms with Crippen molar-refractivity contribution in [2.45, 2.75) is 38.6 Å². The number of benzene rings is 1. The van der Waals surface area contributed by atoms with Crippen molar-refractivity contribution in [1.82, 2.24) is 9.97 Å². The van der Waals surface area contributed by atoms with Crippen molar-refractivity contribution < 1.29 is 9.47 Å². The molecule has 21 heavy (non-hydrogen) atoms. The fourth-order valence-corrected chi connectivity index (χ4v) is 2.38. The fourth-order valence-electron chi connectivity index (χ4n) is 2.38. The van der Waals surface area contributed by atoms with Crippen molar-refractivity contribution in [3.8, 4) is 11.5 Å². The molecular weight excluding hydrogens is 266 g/mol. The Morgan fingerprint density at radius 2 is 1.76 bits per heavy atom. The molecule has 3 rings (SSSR count). The van der Waals surface area contributed by atoms with Crippen molar-refractivity contribution in [3.05, 3.63) is 18.0 Å². The molecule has 1 saturated carbocycles. The van der Waals surface area contributed by atoms with E-state index in [9.17, 15) is 0 Å². The number of hydrogen-bond acceptors (Lipinski definition) is 5. The third-order valence-corrected chi connectivity index (χ3v) is 3.59.